The number of ether oxygens (including phenoxy) is 2. The maximum atomic E-state index is 12.1. The number of esters is 2. The lowest BCUT2D eigenvalue weighted by molar-refractivity contribution is -0.161. The van der Waals surface area contributed by atoms with Gasteiger partial charge in [0.2, 0.25) is 0 Å². The number of aliphatic hydroxyl groups is 1. The summed E-state index contributed by atoms with van der Waals surface area (Å²) in [5.41, 5.74) is 0. The van der Waals surface area contributed by atoms with E-state index in [0.717, 1.165) is 38.5 Å². The summed E-state index contributed by atoms with van der Waals surface area (Å²) in [7, 11) is 0. The number of allylic oxidation sites excluding steroid dienone is 2. The van der Waals surface area contributed by atoms with Gasteiger partial charge in [-0.05, 0) is 38.5 Å². The number of hydrogen-bond acceptors (Lipinski definition) is 5. The van der Waals surface area contributed by atoms with Gasteiger partial charge in [-0.15, -0.1) is 0 Å². The Kier molecular flexibility index (Phi) is 36.0. The molecule has 0 aromatic heterocycles. The lowest BCUT2D eigenvalue weighted by atomic mass is 10.0. The van der Waals surface area contributed by atoms with Gasteiger partial charge in [-0.25, -0.2) is 0 Å². The third-order valence-corrected chi connectivity index (χ3v) is 8.81. The summed E-state index contributed by atoms with van der Waals surface area (Å²) in [6.45, 7) is 4.14. The molecule has 5 heteroatoms. The zero-order valence-corrected chi connectivity index (χ0v) is 30.1. The molecule has 0 unspecified atom stereocenters. The fraction of sp³-hybridized carbons (Fsp3) is 0.900. The van der Waals surface area contributed by atoms with Crippen molar-refractivity contribution in [3.63, 3.8) is 0 Å². The van der Waals surface area contributed by atoms with Crippen molar-refractivity contribution in [1.82, 2.24) is 0 Å². The number of carbonyl (C=O) groups is 2. The maximum absolute atomic E-state index is 12.1. The van der Waals surface area contributed by atoms with E-state index in [4.69, 9.17) is 9.47 Å². The predicted octanol–water partition coefficient (Wildman–Crippen LogP) is 12.1. The molecule has 1 atom stereocenters. The van der Waals surface area contributed by atoms with Crippen LogP contribution < -0.4 is 0 Å². The van der Waals surface area contributed by atoms with Gasteiger partial charge in [-0.1, -0.05) is 174 Å². The van der Waals surface area contributed by atoms with E-state index in [0.29, 0.717) is 12.8 Å². The Morgan fingerprint density at radius 1 is 0.489 bits per heavy atom. The summed E-state index contributed by atoms with van der Waals surface area (Å²) < 4.78 is 10.6. The standard InChI is InChI=1S/C40H76O5/c1-3-5-7-9-11-13-15-17-18-19-20-21-22-23-25-26-28-30-32-34-39(42)44-37-38(36-41)45-40(43)35-33-31-29-27-24-16-14-12-10-8-6-4-2/h17-18,38,41H,3-16,19-37H2,1-2H3/t38-/m0/s1. The predicted molar refractivity (Wildman–Crippen MR) is 192 cm³/mol. The average molecular weight is 637 g/mol. The molecule has 0 aromatic carbocycles. The van der Waals surface area contributed by atoms with Gasteiger partial charge in [0.05, 0.1) is 6.61 Å². The Labute approximate surface area is 280 Å². The van der Waals surface area contributed by atoms with Crippen molar-refractivity contribution in [3.8, 4) is 0 Å². The van der Waals surface area contributed by atoms with E-state index < -0.39 is 6.10 Å². The highest BCUT2D eigenvalue weighted by molar-refractivity contribution is 5.70. The fourth-order valence-electron chi connectivity index (χ4n) is 5.78. The van der Waals surface area contributed by atoms with Crippen LogP contribution in [0.15, 0.2) is 12.2 Å². The minimum Gasteiger partial charge on any atom is -0.462 e. The summed E-state index contributed by atoms with van der Waals surface area (Å²) in [6.07, 6.45) is 41.3. The van der Waals surface area contributed by atoms with Crippen molar-refractivity contribution in [2.45, 2.75) is 219 Å². The molecule has 1 N–H and O–H groups in total. The highest BCUT2D eigenvalue weighted by Gasteiger charge is 2.16. The van der Waals surface area contributed by atoms with E-state index >= 15 is 0 Å². The number of unbranched alkanes of at least 4 members (excludes halogenated alkanes) is 26. The molecular weight excluding hydrogens is 560 g/mol. The van der Waals surface area contributed by atoms with Crippen LogP contribution in [0.2, 0.25) is 0 Å². The highest BCUT2D eigenvalue weighted by atomic mass is 16.6. The third kappa shape index (κ3) is 35.3. The summed E-state index contributed by atoms with van der Waals surface area (Å²) >= 11 is 0. The van der Waals surface area contributed by atoms with Crippen molar-refractivity contribution in [2.24, 2.45) is 0 Å². The van der Waals surface area contributed by atoms with Gasteiger partial charge in [0.25, 0.3) is 0 Å². The smallest absolute Gasteiger partial charge is 0.306 e. The molecule has 0 aromatic rings. The minimum atomic E-state index is -0.764. The molecule has 45 heavy (non-hydrogen) atoms. The van der Waals surface area contributed by atoms with E-state index in [-0.39, 0.29) is 25.2 Å². The Hall–Kier alpha value is -1.36. The van der Waals surface area contributed by atoms with Crippen molar-refractivity contribution >= 4 is 11.9 Å². The van der Waals surface area contributed by atoms with E-state index in [9.17, 15) is 14.7 Å². The van der Waals surface area contributed by atoms with Crippen molar-refractivity contribution in [2.75, 3.05) is 13.2 Å². The monoisotopic (exact) mass is 637 g/mol. The number of aliphatic hydroxyl groups excluding tert-OH is 1. The first-order valence-electron chi connectivity index (χ1n) is 19.7. The second kappa shape index (κ2) is 37.1. The first-order valence-corrected chi connectivity index (χ1v) is 19.7. The van der Waals surface area contributed by atoms with Crippen molar-refractivity contribution in [1.29, 1.82) is 0 Å². The molecule has 0 aliphatic carbocycles. The number of carbonyl (C=O) groups excluding carboxylic acids is 2. The van der Waals surface area contributed by atoms with Gasteiger partial charge in [0.1, 0.15) is 6.61 Å². The Balaban J connectivity index is 3.50. The van der Waals surface area contributed by atoms with Gasteiger partial charge < -0.3 is 14.6 Å². The largest absolute Gasteiger partial charge is 0.462 e. The molecule has 0 radical (unpaired) electrons. The van der Waals surface area contributed by atoms with Gasteiger partial charge in [0.15, 0.2) is 6.10 Å². The van der Waals surface area contributed by atoms with Gasteiger partial charge in [-0.2, -0.15) is 0 Å². The first-order chi connectivity index (χ1) is 22.1. The SMILES string of the molecule is CCCCCCCCC=CCCCCCCCCCCCC(=O)OC[C@H](CO)OC(=O)CCCCCCCCCCCCCC. The van der Waals surface area contributed by atoms with E-state index in [2.05, 4.69) is 26.0 Å². The topological polar surface area (TPSA) is 72.8 Å². The van der Waals surface area contributed by atoms with Crippen LogP contribution in [-0.2, 0) is 19.1 Å². The van der Waals surface area contributed by atoms with Crippen LogP contribution >= 0.6 is 0 Å². The maximum Gasteiger partial charge on any atom is 0.306 e. The van der Waals surface area contributed by atoms with Crippen molar-refractivity contribution < 1.29 is 24.2 Å². The van der Waals surface area contributed by atoms with Gasteiger partial charge in [0, 0.05) is 12.8 Å². The summed E-state index contributed by atoms with van der Waals surface area (Å²) in [4.78, 5) is 24.2. The zero-order valence-electron chi connectivity index (χ0n) is 30.1. The molecule has 5 nitrogen and oxygen atoms in total. The van der Waals surface area contributed by atoms with Crippen LogP contribution in [0.1, 0.15) is 213 Å². The lowest BCUT2D eigenvalue weighted by Crippen LogP contribution is -2.28. The van der Waals surface area contributed by atoms with E-state index in [1.807, 2.05) is 0 Å². The Bertz CT molecular complexity index is 647. The molecule has 0 aliphatic rings. The van der Waals surface area contributed by atoms with Gasteiger partial charge >= 0.3 is 11.9 Å². The third-order valence-electron chi connectivity index (χ3n) is 8.81. The molecule has 0 fully saturated rings. The average Bonchev–Trinajstić information content (AvgIpc) is 3.04. The van der Waals surface area contributed by atoms with Crippen molar-refractivity contribution in [3.05, 3.63) is 12.2 Å². The van der Waals surface area contributed by atoms with Crippen LogP contribution in [-0.4, -0.2) is 36.4 Å². The van der Waals surface area contributed by atoms with E-state index in [1.165, 1.54) is 148 Å². The molecule has 0 rings (SSSR count). The summed E-state index contributed by atoms with van der Waals surface area (Å²) in [6, 6.07) is 0. The van der Waals surface area contributed by atoms with Crippen LogP contribution in [0.25, 0.3) is 0 Å². The minimum absolute atomic E-state index is 0.0611. The molecule has 0 saturated carbocycles. The van der Waals surface area contributed by atoms with Crippen LogP contribution in [0, 0.1) is 0 Å². The zero-order chi connectivity index (χ0) is 32.9. The molecule has 0 spiro atoms. The number of rotatable bonds is 36. The highest BCUT2D eigenvalue weighted by Crippen LogP contribution is 2.14. The Morgan fingerprint density at radius 2 is 0.822 bits per heavy atom. The van der Waals surface area contributed by atoms with Crippen LogP contribution in [0.4, 0.5) is 0 Å². The first kappa shape index (κ1) is 43.6. The molecule has 0 heterocycles. The molecule has 0 aliphatic heterocycles. The second-order valence-corrected chi connectivity index (χ2v) is 13.4. The second-order valence-electron chi connectivity index (χ2n) is 13.4. The molecule has 0 saturated heterocycles. The summed E-state index contributed by atoms with van der Waals surface area (Å²) in [5.74, 6) is -0.584. The normalized spacial score (nSPS) is 12.2. The summed E-state index contributed by atoms with van der Waals surface area (Å²) in [5, 5.41) is 9.53. The molecule has 266 valence electrons. The quantitative estimate of drug-likeness (QED) is 0.0421. The van der Waals surface area contributed by atoms with E-state index in [1.54, 1.807) is 0 Å². The molecule has 0 bridgehead atoms. The lowest BCUT2D eigenvalue weighted by Gasteiger charge is -2.15. The van der Waals surface area contributed by atoms with Crippen LogP contribution in [0.5, 0.6) is 0 Å². The van der Waals surface area contributed by atoms with Crippen LogP contribution in [0.3, 0.4) is 0 Å². The fourth-order valence-corrected chi connectivity index (χ4v) is 5.78. The molecule has 0 amide bonds. The van der Waals surface area contributed by atoms with Gasteiger partial charge in [-0.3, -0.25) is 9.59 Å². The Morgan fingerprint density at radius 3 is 1.20 bits per heavy atom. The molecular formula is C40H76O5. The number of hydrogen-bond donors (Lipinski definition) is 1.